The molecule has 4 heterocycles. The summed E-state index contributed by atoms with van der Waals surface area (Å²) >= 11 is 0. The fourth-order valence-corrected chi connectivity index (χ4v) is 2.47. The van der Waals surface area contributed by atoms with Gasteiger partial charge in [0.25, 0.3) is 0 Å². The molecule has 0 aromatic carbocycles. The van der Waals surface area contributed by atoms with Gasteiger partial charge in [0.15, 0.2) is 17.1 Å². The Morgan fingerprint density at radius 1 is 1.29 bits per heavy atom. The molecule has 0 saturated heterocycles. The third kappa shape index (κ3) is 1.60. The van der Waals surface area contributed by atoms with Gasteiger partial charge in [-0.15, -0.1) is 0 Å². The van der Waals surface area contributed by atoms with Crippen LogP contribution in [0.2, 0.25) is 0 Å². The molecule has 0 aliphatic heterocycles. The Bertz CT molecular complexity index is 929. The zero-order valence-electron chi connectivity index (χ0n) is 11.3. The van der Waals surface area contributed by atoms with Crippen molar-refractivity contribution in [2.24, 2.45) is 0 Å². The lowest BCUT2D eigenvalue weighted by Gasteiger charge is -2.01. The molecule has 0 spiro atoms. The highest BCUT2D eigenvalue weighted by Crippen LogP contribution is 2.26. The minimum atomic E-state index is 0.523. The fraction of sp³-hybridized carbons (Fsp3) is 0.250. The highest BCUT2D eigenvalue weighted by Gasteiger charge is 2.19. The monoisotopic (exact) mass is 283 g/mol. The van der Waals surface area contributed by atoms with E-state index in [9.17, 15) is 0 Å². The van der Waals surface area contributed by atoms with E-state index in [1.54, 1.807) is 11.0 Å². The molecule has 4 aromatic heterocycles. The van der Waals surface area contributed by atoms with Crippen LogP contribution in [-0.4, -0.2) is 39.9 Å². The van der Waals surface area contributed by atoms with Crippen molar-refractivity contribution >= 4 is 28.0 Å². The zero-order chi connectivity index (χ0) is 14.4. The Kier molecular flexibility index (Phi) is 2.40. The SMILES string of the molecule is CCCc1nn(-c2ncnc3nc[nH]c23)c2n[nH]c(N)c12. The molecular weight excluding hydrogens is 270 g/mol. The third-order valence-electron chi connectivity index (χ3n) is 3.38. The predicted octanol–water partition coefficient (Wildman–Crippen LogP) is 0.950. The average molecular weight is 283 g/mol. The molecule has 0 bridgehead atoms. The molecule has 4 rings (SSSR count). The van der Waals surface area contributed by atoms with Crippen molar-refractivity contribution in [3.05, 3.63) is 18.3 Å². The Morgan fingerprint density at radius 2 is 2.19 bits per heavy atom. The molecule has 0 aliphatic carbocycles. The predicted molar refractivity (Wildman–Crippen MR) is 76.9 cm³/mol. The number of anilines is 1. The normalized spacial score (nSPS) is 11.7. The molecule has 4 N–H and O–H groups in total. The topological polar surface area (TPSA) is 127 Å². The summed E-state index contributed by atoms with van der Waals surface area (Å²) in [6.45, 7) is 2.10. The number of nitrogens with two attached hydrogens (primary N) is 1. The van der Waals surface area contributed by atoms with Crippen molar-refractivity contribution in [3.63, 3.8) is 0 Å². The highest BCUT2D eigenvalue weighted by atomic mass is 15.4. The van der Waals surface area contributed by atoms with E-state index in [0.717, 1.165) is 23.9 Å². The van der Waals surface area contributed by atoms with Crippen LogP contribution >= 0.6 is 0 Å². The quantitative estimate of drug-likeness (QED) is 0.513. The van der Waals surface area contributed by atoms with Crippen LogP contribution in [0.4, 0.5) is 5.82 Å². The number of H-pyrrole nitrogens is 2. The van der Waals surface area contributed by atoms with Crippen molar-refractivity contribution in [1.82, 2.24) is 39.9 Å². The lowest BCUT2D eigenvalue weighted by Crippen LogP contribution is -2.03. The maximum Gasteiger partial charge on any atom is 0.188 e. The Labute approximate surface area is 118 Å². The van der Waals surface area contributed by atoms with Gasteiger partial charge in [-0.2, -0.15) is 14.9 Å². The van der Waals surface area contributed by atoms with Gasteiger partial charge in [0, 0.05) is 0 Å². The molecule has 0 fully saturated rings. The number of nitrogens with one attached hydrogen (secondary N) is 2. The number of aromatic amines is 2. The van der Waals surface area contributed by atoms with Crippen LogP contribution in [0.25, 0.3) is 28.0 Å². The first kappa shape index (κ1) is 11.8. The number of aromatic nitrogens is 8. The van der Waals surface area contributed by atoms with Crippen molar-refractivity contribution in [2.45, 2.75) is 19.8 Å². The number of hydrogen-bond donors (Lipinski definition) is 3. The lowest BCUT2D eigenvalue weighted by molar-refractivity contribution is 0.796. The molecule has 9 nitrogen and oxygen atoms in total. The lowest BCUT2D eigenvalue weighted by atomic mass is 10.2. The van der Waals surface area contributed by atoms with E-state index in [4.69, 9.17) is 5.73 Å². The number of imidazole rings is 1. The smallest absolute Gasteiger partial charge is 0.188 e. The van der Waals surface area contributed by atoms with Gasteiger partial charge in [-0.25, -0.2) is 15.0 Å². The first-order valence-corrected chi connectivity index (χ1v) is 6.65. The minimum Gasteiger partial charge on any atom is -0.383 e. The molecule has 106 valence electrons. The standard InChI is InChI=1S/C12H13N9/c1-2-3-6-7-9(13)18-19-11(7)21(20-6)12-8-10(15-4-14-8)16-5-17-12/h4-5H,2-3H2,1H3,(H3,13,18,19)(H,14,15,16,17). The maximum absolute atomic E-state index is 5.97. The van der Waals surface area contributed by atoms with Crippen LogP contribution in [0, 0.1) is 0 Å². The van der Waals surface area contributed by atoms with Crippen molar-refractivity contribution in [2.75, 3.05) is 5.73 Å². The minimum absolute atomic E-state index is 0.523. The maximum atomic E-state index is 5.97. The fourth-order valence-electron chi connectivity index (χ4n) is 2.47. The second kappa shape index (κ2) is 4.27. The molecule has 0 atom stereocenters. The van der Waals surface area contributed by atoms with Gasteiger partial charge in [0.2, 0.25) is 0 Å². The Balaban J connectivity index is 2.04. The van der Waals surface area contributed by atoms with Gasteiger partial charge in [0.05, 0.1) is 17.4 Å². The summed E-state index contributed by atoms with van der Waals surface area (Å²) in [6.07, 6.45) is 4.83. The molecule has 0 radical (unpaired) electrons. The van der Waals surface area contributed by atoms with E-state index in [0.29, 0.717) is 28.4 Å². The molecule has 21 heavy (non-hydrogen) atoms. The number of rotatable bonds is 3. The van der Waals surface area contributed by atoms with Gasteiger partial charge < -0.3 is 10.7 Å². The van der Waals surface area contributed by atoms with Gasteiger partial charge in [-0.3, -0.25) is 5.10 Å². The van der Waals surface area contributed by atoms with E-state index in [2.05, 4.69) is 42.2 Å². The van der Waals surface area contributed by atoms with E-state index < -0.39 is 0 Å². The largest absolute Gasteiger partial charge is 0.383 e. The van der Waals surface area contributed by atoms with Crippen LogP contribution in [0.5, 0.6) is 0 Å². The molecule has 9 heteroatoms. The molecule has 4 aromatic rings. The van der Waals surface area contributed by atoms with E-state index in [1.165, 1.54) is 6.33 Å². The Hall–Kier alpha value is -2.97. The second-order valence-corrected chi connectivity index (χ2v) is 4.74. The van der Waals surface area contributed by atoms with Crippen LogP contribution < -0.4 is 5.73 Å². The summed E-state index contributed by atoms with van der Waals surface area (Å²) in [5, 5.41) is 12.5. The summed E-state index contributed by atoms with van der Waals surface area (Å²) in [5.41, 5.74) is 8.83. The first-order valence-electron chi connectivity index (χ1n) is 6.65. The van der Waals surface area contributed by atoms with Crippen LogP contribution in [0.1, 0.15) is 19.0 Å². The molecule has 0 saturated carbocycles. The van der Waals surface area contributed by atoms with Crippen LogP contribution in [0.15, 0.2) is 12.7 Å². The molecule has 0 amide bonds. The summed E-state index contributed by atoms with van der Waals surface area (Å²) in [4.78, 5) is 15.6. The van der Waals surface area contributed by atoms with E-state index >= 15 is 0 Å². The summed E-state index contributed by atoms with van der Waals surface area (Å²) in [7, 11) is 0. The highest BCUT2D eigenvalue weighted by molar-refractivity contribution is 5.91. The third-order valence-corrected chi connectivity index (χ3v) is 3.38. The number of hydrogen-bond acceptors (Lipinski definition) is 6. The van der Waals surface area contributed by atoms with Crippen LogP contribution in [-0.2, 0) is 6.42 Å². The van der Waals surface area contributed by atoms with Crippen molar-refractivity contribution < 1.29 is 0 Å². The van der Waals surface area contributed by atoms with Crippen LogP contribution in [0.3, 0.4) is 0 Å². The van der Waals surface area contributed by atoms with E-state index in [1.807, 2.05) is 0 Å². The van der Waals surface area contributed by atoms with Gasteiger partial charge >= 0.3 is 0 Å². The van der Waals surface area contributed by atoms with Gasteiger partial charge in [-0.05, 0) is 6.42 Å². The molecule has 0 unspecified atom stereocenters. The number of aryl methyl sites for hydroxylation is 1. The van der Waals surface area contributed by atoms with Crippen molar-refractivity contribution in [1.29, 1.82) is 0 Å². The van der Waals surface area contributed by atoms with Gasteiger partial charge in [-0.1, -0.05) is 13.3 Å². The summed E-state index contributed by atoms with van der Waals surface area (Å²) in [5.74, 6) is 1.13. The molecule has 0 aliphatic rings. The number of nitrogen functional groups attached to an aromatic ring is 1. The Morgan fingerprint density at radius 3 is 3.05 bits per heavy atom. The zero-order valence-corrected chi connectivity index (χ0v) is 11.3. The second-order valence-electron chi connectivity index (χ2n) is 4.74. The van der Waals surface area contributed by atoms with Crippen molar-refractivity contribution in [3.8, 4) is 5.82 Å². The van der Waals surface area contributed by atoms with E-state index in [-0.39, 0.29) is 0 Å². The summed E-state index contributed by atoms with van der Waals surface area (Å²) < 4.78 is 1.68. The summed E-state index contributed by atoms with van der Waals surface area (Å²) in [6, 6.07) is 0. The average Bonchev–Trinajstić information content (AvgIpc) is 3.17. The number of fused-ring (bicyclic) bond motifs is 2. The van der Waals surface area contributed by atoms with Gasteiger partial charge in [0.1, 0.15) is 17.7 Å². The number of nitrogens with zero attached hydrogens (tertiary/aromatic N) is 6. The molecular formula is C12H13N9. The first-order chi connectivity index (χ1) is 10.3.